The number of hydrogen-bond donors (Lipinski definition) is 1. The van der Waals surface area contributed by atoms with E-state index >= 15 is 0 Å². The van der Waals surface area contributed by atoms with Crippen molar-refractivity contribution in [3.8, 4) is 5.75 Å². The first-order valence-corrected chi connectivity index (χ1v) is 10.8. The SMILES string of the molecule is COc1ccc(NC(=O)C2CSCN2C(=O)CCCc2nc(C(C)C)no2)cc1. The number of anilines is 1. The first-order valence-electron chi connectivity index (χ1n) is 9.62. The first-order chi connectivity index (χ1) is 14.0. The maximum absolute atomic E-state index is 12.7. The fourth-order valence-electron chi connectivity index (χ4n) is 2.94. The van der Waals surface area contributed by atoms with Gasteiger partial charge in [-0.1, -0.05) is 19.0 Å². The highest BCUT2D eigenvalue weighted by Gasteiger charge is 2.34. The Bertz CT molecular complexity index is 837. The highest BCUT2D eigenvalue weighted by atomic mass is 32.2. The van der Waals surface area contributed by atoms with E-state index in [2.05, 4.69) is 15.5 Å². The third-order valence-electron chi connectivity index (χ3n) is 4.64. The highest BCUT2D eigenvalue weighted by Crippen LogP contribution is 2.24. The second-order valence-electron chi connectivity index (χ2n) is 7.15. The fraction of sp³-hybridized carbons (Fsp3) is 0.500. The van der Waals surface area contributed by atoms with Crippen molar-refractivity contribution in [3.05, 3.63) is 36.0 Å². The van der Waals surface area contributed by atoms with Crippen molar-refractivity contribution in [1.29, 1.82) is 0 Å². The molecule has 1 aromatic heterocycles. The highest BCUT2D eigenvalue weighted by molar-refractivity contribution is 7.99. The van der Waals surface area contributed by atoms with Gasteiger partial charge in [-0.25, -0.2) is 0 Å². The number of methoxy groups -OCH3 is 1. The number of ether oxygens (including phenoxy) is 1. The van der Waals surface area contributed by atoms with Crippen molar-refractivity contribution in [2.45, 2.75) is 45.1 Å². The molecule has 1 N–H and O–H groups in total. The van der Waals surface area contributed by atoms with Crippen molar-refractivity contribution in [2.75, 3.05) is 24.1 Å². The average Bonchev–Trinajstić information content (AvgIpc) is 3.38. The van der Waals surface area contributed by atoms with Gasteiger partial charge in [0.25, 0.3) is 0 Å². The molecular formula is C20H26N4O4S. The minimum absolute atomic E-state index is 0.0338. The molecule has 0 spiro atoms. The van der Waals surface area contributed by atoms with Crippen LogP contribution in [0.2, 0.25) is 0 Å². The second-order valence-corrected chi connectivity index (χ2v) is 8.15. The molecule has 8 nitrogen and oxygen atoms in total. The number of nitrogens with zero attached hydrogens (tertiary/aromatic N) is 3. The van der Waals surface area contributed by atoms with E-state index in [0.717, 1.165) is 5.75 Å². The van der Waals surface area contributed by atoms with Crippen LogP contribution in [0.3, 0.4) is 0 Å². The summed E-state index contributed by atoms with van der Waals surface area (Å²) in [5.41, 5.74) is 0.678. The average molecular weight is 419 g/mol. The van der Waals surface area contributed by atoms with Crippen LogP contribution in [0.15, 0.2) is 28.8 Å². The number of nitrogens with one attached hydrogen (secondary N) is 1. The Balaban J connectivity index is 1.50. The number of carbonyl (C=O) groups excluding carboxylic acids is 2. The molecule has 2 amide bonds. The Morgan fingerprint density at radius 1 is 1.34 bits per heavy atom. The van der Waals surface area contributed by atoms with Crippen molar-refractivity contribution in [3.63, 3.8) is 0 Å². The predicted octanol–water partition coefficient (Wildman–Crippen LogP) is 3.06. The largest absolute Gasteiger partial charge is 0.497 e. The molecule has 1 fully saturated rings. The zero-order valence-electron chi connectivity index (χ0n) is 16.9. The second kappa shape index (κ2) is 9.78. The van der Waals surface area contributed by atoms with Gasteiger partial charge in [-0.05, 0) is 30.7 Å². The normalized spacial score (nSPS) is 16.3. The van der Waals surface area contributed by atoms with Crippen molar-refractivity contribution in [1.82, 2.24) is 15.0 Å². The third kappa shape index (κ3) is 5.50. The van der Waals surface area contributed by atoms with Crippen LogP contribution in [-0.4, -0.2) is 51.6 Å². The summed E-state index contributed by atoms with van der Waals surface area (Å²) in [5, 5.41) is 6.81. The Labute approximate surface area is 174 Å². The van der Waals surface area contributed by atoms with Gasteiger partial charge < -0.3 is 19.5 Å². The van der Waals surface area contributed by atoms with Gasteiger partial charge in [0.05, 0.1) is 13.0 Å². The maximum atomic E-state index is 12.7. The molecule has 9 heteroatoms. The number of benzene rings is 1. The van der Waals surface area contributed by atoms with Gasteiger partial charge in [-0.3, -0.25) is 9.59 Å². The summed E-state index contributed by atoms with van der Waals surface area (Å²) in [6, 6.07) is 6.65. The van der Waals surface area contributed by atoms with E-state index in [1.165, 1.54) is 0 Å². The number of thioether (sulfide) groups is 1. The molecule has 1 atom stereocenters. The molecular weight excluding hydrogens is 392 g/mol. The van der Waals surface area contributed by atoms with Crippen LogP contribution in [0, 0.1) is 0 Å². The van der Waals surface area contributed by atoms with Crippen LogP contribution in [0.1, 0.15) is 44.3 Å². The number of aryl methyl sites for hydroxylation is 1. The van der Waals surface area contributed by atoms with E-state index in [4.69, 9.17) is 9.26 Å². The number of hydrogen-bond acceptors (Lipinski definition) is 7. The minimum atomic E-state index is -0.467. The van der Waals surface area contributed by atoms with E-state index in [0.29, 0.717) is 48.3 Å². The summed E-state index contributed by atoms with van der Waals surface area (Å²) in [7, 11) is 1.59. The maximum Gasteiger partial charge on any atom is 0.248 e. The molecule has 156 valence electrons. The van der Waals surface area contributed by atoms with E-state index < -0.39 is 6.04 Å². The minimum Gasteiger partial charge on any atom is -0.497 e. The zero-order valence-corrected chi connectivity index (χ0v) is 17.7. The standard InChI is InChI=1S/C20H26N4O4S/c1-13(2)19-22-17(28-23-19)5-4-6-18(25)24-12-29-11-16(24)20(26)21-14-7-9-15(27-3)10-8-14/h7-10,13,16H,4-6,11-12H2,1-3H3,(H,21,26). The van der Waals surface area contributed by atoms with Crippen LogP contribution in [0.5, 0.6) is 5.75 Å². The molecule has 0 radical (unpaired) electrons. The van der Waals surface area contributed by atoms with E-state index in [1.54, 1.807) is 48.0 Å². The summed E-state index contributed by atoms with van der Waals surface area (Å²) in [6.45, 7) is 4.00. The molecule has 1 saturated heterocycles. The molecule has 0 saturated carbocycles. The monoisotopic (exact) mass is 418 g/mol. The van der Waals surface area contributed by atoms with Crippen molar-refractivity contribution in [2.24, 2.45) is 0 Å². The topological polar surface area (TPSA) is 97.6 Å². The summed E-state index contributed by atoms with van der Waals surface area (Å²) >= 11 is 1.58. The summed E-state index contributed by atoms with van der Waals surface area (Å²) in [6.07, 6.45) is 1.49. The molecule has 2 heterocycles. The fourth-order valence-corrected chi connectivity index (χ4v) is 4.12. The van der Waals surface area contributed by atoms with E-state index in [-0.39, 0.29) is 17.7 Å². The summed E-state index contributed by atoms with van der Waals surface area (Å²) < 4.78 is 10.3. The first kappa shape index (κ1) is 21.2. The van der Waals surface area contributed by atoms with Crippen molar-refractivity contribution < 1.29 is 18.8 Å². The van der Waals surface area contributed by atoms with Crippen molar-refractivity contribution >= 4 is 29.3 Å². The lowest BCUT2D eigenvalue weighted by Crippen LogP contribution is -2.44. The Morgan fingerprint density at radius 3 is 2.76 bits per heavy atom. The molecule has 3 rings (SSSR count). The lowest BCUT2D eigenvalue weighted by atomic mass is 10.2. The Morgan fingerprint density at radius 2 is 2.10 bits per heavy atom. The lowest BCUT2D eigenvalue weighted by molar-refractivity contribution is -0.136. The molecule has 1 aromatic carbocycles. The van der Waals surface area contributed by atoms with Gasteiger partial charge in [0.15, 0.2) is 5.82 Å². The van der Waals surface area contributed by atoms with Gasteiger partial charge in [0.1, 0.15) is 11.8 Å². The van der Waals surface area contributed by atoms with Crippen LogP contribution in [-0.2, 0) is 16.0 Å². The molecule has 29 heavy (non-hydrogen) atoms. The predicted molar refractivity (Wildman–Crippen MR) is 111 cm³/mol. The molecule has 1 unspecified atom stereocenters. The summed E-state index contributed by atoms with van der Waals surface area (Å²) in [4.78, 5) is 31.3. The van der Waals surface area contributed by atoms with E-state index in [9.17, 15) is 9.59 Å². The van der Waals surface area contributed by atoms with Crippen LogP contribution in [0.25, 0.3) is 0 Å². The van der Waals surface area contributed by atoms with Crippen LogP contribution in [0.4, 0.5) is 5.69 Å². The van der Waals surface area contributed by atoms with Gasteiger partial charge >= 0.3 is 0 Å². The third-order valence-corrected chi connectivity index (χ3v) is 5.66. The number of aromatic nitrogens is 2. The quantitative estimate of drug-likeness (QED) is 0.703. The molecule has 1 aliphatic heterocycles. The Kier molecular flexibility index (Phi) is 7.13. The molecule has 1 aliphatic rings. The van der Waals surface area contributed by atoms with E-state index in [1.807, 2.05) is 13.8 Å². The zero-order chi connectivity index (χ0) is 20.8. The Hall–Kier alpha value is -2.55. The van der Waals surface area contributed by atoms with Gasteiger partial charge in [0.2, 0.25) is 17.7 Å². The van der Waals surface area contributed by atoms with Crippen LogP contribution < -0.4 is 10.1 Å². The number of rotatable bonds is 8. The van der Waals surface area contributed by atoms with Gasteiger partial charge in [-0.15, -0.1) is 11.8 Å². The summed E-state index contributed by atoms with van der Waals surface area (Å²) in [5.74, 6) is 3.06. The molecule has 2 aromatic rings. The lowest BCUT2D eigenvalue weighted by Gasteiger charge is -2.23. The van der Waals surface area contributed by atoms with Gasteiger partial charge in [0, 0.05) is 30.2 Å². The molecule has 0 aliphatic carbocycles. The number of amides is 2. The van der Waals surface area contributed by atoms with Gasteiger partial charge in [-0.2, -0.15) is 4.98 Å². The van der Waals surface area contributed by atoms with Crippen LogP contribution >= 0.6 is 11.8 Å². The molecule has 0 bridgehead atoms. The smallest absolute Gasteiger partial charge is 0.248 e. The number of carbonyl (C=O) groups is 2.